The largest absolute Gasteiger partial charge is 1.00 e. The summed E-state index contributed by atoms with van der Waals surface area (Å²) in [5, 5.41) is 0. The van der Waals surface area contributed by atoms with Crippen molar-refractivity contribution in [3.63, 3.8) is 0 Å². The number of hydrogen-bond acceptors (Lipinski definition) is 4. The van der Waals surface area contributed by atoms with E-state index in [1.54, 1.807) is 42.5 Å². The SMILES string of the molecule is COc1ccc(OC)c(NS(=O)(=O)c2ccc(C)cc2)c1.[F-]. The minimum absolute atomic E-state index is 0. The fourth-order valence-corrected chi connectivity index (χ4v) is 2.88. The van der Waals surface area contributed by atoms with Crippen molar-refractivity contribution in [1.29, 1.82) is 0 Å². The highest BCUT2D eigenvalue weighted by Crippen LogP contribution is 2.30. The summed E-state index contributed by atoms with van der Waals surface area (Å²) >= 11 is 0. The van der Waals surface area contributed by atoms with Crippen LogP contribution in [-0.4, -0.2) is 22.6 Å². The summed E-state index contributed by atoms with van der Waals surface area (Å²) < 4.78 is 37.5. The number of halogens is 1. The Morgan fingerprint density at radius 1 is 0.955 bits per heavy atom. The highest BCUT2D eigenvalue weighted by molar-refractivity contribution is 7.92. The maximum absolute atomic E-state index is 12.4. The van der Waals surface area contributed by atoms with Gasteiger partial charge in [-0.05, 0) is 31.2 Å². The summed E-state index contributed by atoms with van der Waals surface area (Å²) in [4.78, 5) is 0.193. The molecule has 2 aromatic carbocycles. The van der Waals surface area contributed by atoms with Crippen molar-refractivity contribution in [2.75, 3.05) is 18.9 Å². The molecular formula is C15H17FNO4S-. The van der Waals surface area contributed by atoms with E-state index in [0.717, 1.165) is 5.56 Å². The number of benzene rings is 2. The standard InChI is InChI=1S/C15H17NO4S.FH/c1-11-4-7-13(8-5-11)21(17,18)16-14-10-12(19-2)6-9-15(14)20-3;/h4-10,16H,1-3H3;1H/p-1. The van der Waals surface area contributed by atoms with E-state index in [4.69, 9.17) is 9.47 Å². The van der Waals surface area contributed by atoms with Gasteiger partial charge >= 0.3 is 0 Å². The first kappa shape index (κ1) is 17.8. The van der Waals surface area contributed by atoms with Gasteiger partial charge in [0.25, 0.3) is 10.0 Å². The number of nitrogens with one attached hydrogen (secondary N) is 1. The number of rotatable bonds is 5. The topological polar surface area (TPSA) is 64.6 Å². The molecule has 2 aromatic rings. The first-order chi connectivity index (χ1) is 9.96. The lowest BCUT2D eigenvalue weighted by Gasteiger charge is -2.13. The van der Waals surface area contributed by atoms with E-state index in [2.05, 4.69) is 4.72 Å². The third-order valence-electron chi connectivity index (χ3n) is 2.98. The van der Waals surface area contributed by atoms with Gasteiger partial charge in [-0.3, -0.25) is 4.72 Å². The van der Waals surface area contributed by atoms with Crippen LogP contribution in [0.3, 0.4) is 0 Å². The van der Waals surface area contributed by atoms with Gasteiger partial charge in [0.1, 0.15) is 11.5 Å². The fourth-order valence-electron chi connectivity index (χ4n) is 1.81. The maximum atomic E-state index is 12.4. The molecule has 0 aromatic heterocycles. The van der Waals surface area contributed by atoms with Gasteiger partial charge in [0.05, 0.1) is 24.8 Å². The number of methoxy groups -OCH3 is 2. The molecule has 22 heavy (non-hydrogen) atoms. The van der Waals surface area contributed by atoms with E-state index in [-0.39, 0.29) is 9.60 Å². The molecule has 0 radical (unpaired) electrons. The van der Waals surface area contributed by atoms with Crippen LogP contribution in [0, 0.1) is 6.92 Å². The van der Waals surface area contributed by atoms with Crippen LogP contribution in [0.1, 0.15) is 5.56 Å². The second kappa shape index (κ2) is 7.13. The molecule has 0 amide bonds. The van der Waals surface area contributed by atoms with E-state index in [1.165, 1.54) is 14.2 Å². The minimum Gasteiger partial charge on any atom is -1.00 e. The van der Waals surface area contributed by atoms with Gasteiger partial charge in [-0.15, -0.1) is 0 Å². The molecule has 0 bridgehead atoms. The molecule has 0 spiro atoms. The number of hydrogen-bond donors (Lipinski definition) is 1. The molecule has 5 nitrogen and oxygen atoms in total. The predicted molar refractivity (Wildman–Crippen MR) is 81.5 cm³/mol. The third kappa shape index (κ3) is 3.88. The molecule has 0 saturated heterocycles. The molecule has 0 unspecified atom stereocenters. The second-order valence-corrected chi connectivity index (χ2v) is 6.17. The molecule has 2 rings (SSSR count). The molecule has 7 heteroatoms. The van der Waals surface area contributed by atoms with Crippen LogP contribution >= 0.6 is 0 Å². The molecule has 0 heterocycles. The Labute approximate surface area is 129 Å². The van der Waals surface area contributed by atoms with Crippen molar-refractivity contribution in [3.8, 4) is 11.5 Å². The number of anilines is 1. The average molecular weight is 326 g/mol. The average Bonchev–Trinajstić information content (AvgIpc) is 2.47. The smallest absolute Gasteiger partial charge is 0.262 e. The van der Waals surface area contributed by atoms with Gasteiger partial charge in [0.15, 0.2) is 0 Å². The maximum Gasteiger partial charge on any atom is 0.262 e. The Morgan fingerprint density at radius 2 is 1.59 bits per heavy atom. The van der Waals surface area contributed by atoms with Crippen LogP contribution in [0.5, 0.6) is 11.5 Å². The lowest BCUT2D eigenvalue weighted by atomic mass is 10.2. The minimum atomic E-state index is -3.67. The van der Waals surface area contributed by atoms with Gasteiger partial charge in [-0.1, -0.05) is 17.7 Å². The molecule has 120 valence electrons. The van der Waals surface area contributed by atoms with E-state index in [0.29, 0.717) is 17.2 Å². The van der Waals surface area contributed by atoms with Crippen molar-refractivity contribution >= 4 is 15.7 Å². The molecular weight excluding hydrogens is 309 g/mol. The summed E-state index contributed by atoms with van der Waals surface area (Å²) in [7, 11) is -0.682. The zero-order valence-electron chi connectivity index (χ0n) is 12.5. The van der Waals surface area contributed by atoms with E-state index in [1.807, 2.05) is 6.92 Å². The molecule has 0 saturated carbocycles. The Bertz CT molecular complexity index is 730. The predicted octanol–water partition coefficient (Wildman–Crippen LogP) is -0.183. The van der Waals surface area contributed by atoms with Crippen molar-refractivity contribution in [1.82, 2.24) is 0 Å². The first-order valence-corrected chi connectivity index (χ1v) is 7.76. The van der Waals surface area contributed by atoms with E-state index < -0.39 is 10.0 Å². The normalized spacial score (nSPS) is 10.5. The summed E-state index contributed by atoms with van der Waals surface area (Å²) in [6.45, 7) is 1.90. The fraction of sp³-hybridized carbons (Fsp3) is 0.200. The van der Waals surface area contributed by atoms with E-state index in [9.17, 15) is 8.42 Å². The zero-order chi connectivity index (χ0) is 15.5. The van der Waals surface area contributed by atoms with Crippen molar-refractivity contribution in [2.24, 2.45) is 0 Å². The Balaban J connectivity index is 0.00000242. The van der Waals surface area contributed by atoms with Crippen LogP contribution in [0.2, 0.25) is 0 Å². The molecule has 1 N–H and O–H groups in total. The summed E-state index contributed by atoms with van der Waals surface area (Å²) in [6, 6.07) is 11.5. The molecule has 0 aliphatic rings. The zero-order valence-corrected chi connectivity index (χ0v) is 13.3. The lowest BCUT2D eigenvalue weighted by Crippen LogP contribution is -3.00. The molecule has 0 aliphatic carbocycles. The number of ether oxygens (including phenoxy) is 2. The van der Waals surface area contributed by atoms with Gasteiger partial charge in [0, 0.05) is 6.07 Å². The highest BCUT2D eigenvalue weighted by atomic mass is 32.2. The van der Waals surface area contributed by atoms with Gasteiger partial charge in [-0.25, -0.2) is 8.42 Å². The highest BCUT2D eigenvalue weighted by Gasteiger charge is 2.16. The quantitative estimate of drug-likeness (QED) is 0.828. The van der Waals surface area contributed by atoms with Crippen LogP contribution in [-0.2, 0) is 10.0 Å². The number of aryl methyl sites for hydroxylation is 1. The van der Waals surface area contributed by atoms with Gasteiger partial charge < -0.3 is 14.2 Å². The summed E-state index contributed by atoms with van der Waals surface area (Å²) in [5.41, 5.74) is 1.32. The van der Waals surface area contributed by atoms with Crippen molar-refractivity contribution in [2.45, 2.75) is 11.8 Å². The molecule has 0 atom stereocenters. The summed E-state index contributed by atoms with van der Waals surface area (Å²) in [5.74, 6) is 0.962. The van der Waals surface area contributed by atoms with Crippen molar-refractivity contribution in [3.05, 3.63) is 48.0 Å². The van der Waals surface area contributed by atoms with Crippen molar-refractivity contribution < 1.29 is 22.6 Å². The molecule has 0 aliphatic heterocycles. The van der Waals surface area contributed by atoms with Crippen LogP contribution in [0.25, 0.3) is 0 Å². The lowest BCUT2D eigenvalue weighted by molar-refractivity contribution is -0.00000733. The molecule has 0 fully saturated rings. The van der Waals surface area contributed by atoms with Gasteiger partial charge in [-0.2, -0.15) is 0 Å². The first-order valence-electron chi connectivity index (χ1n) is 6.28. The number of sulfonamides is 1. The van der Waals surface area contributed by atoms with Crippen LogP contribution in [0.4, 0.5) is 5.69 Å². The third-order valence-corrected chi connectivity index (χ3v) is 4.36. The van der Waals surface area contributed by atoms with E-state index >= 15 is 0 Å². The Kier molecular flexibility index (Phi) is 5.76. The second-order valence-electron chi connectivity index (χ2n) is 4.48. The monoisotopic (exact) mass is 326 g/mol. The Hall–Kier alpha value is -2.28. The Morgan fingerprint density at radius 3 is 2.14 bits per heavy atom. The van der Waals surface area contributed by atoms with Crippen LogP contribution in [0.15, 0.2) is 47.4 Å². The summed E-state index contributed by atoms with van der Waals surface area (Å²) in [6.07, 6.45) is 0. The van der Waals surface area contributed by atoms with Gasteiger partial charge in [0.2, 0.25) is 0 Å². The van der Waals surface area contributed by atoms with Crippen LogP contribution < -0.4 is 18.9 Å².